The molecule has 1 heterocycles. The van der Waals surface area contributed by atoms with E-state index < -0.39 is 6.09 Å². The Bertz CT molecular complexity index is 987. The van der Waals surface area contributed by atoms with Crippen LogP contribution in [-0.4, -0.2) is 24.2 Å². The van der Waals surface area contributed by atoms with Crippen LogP contribution in [0.2, 0.25) is 0 Å². The van der Waals surface area contributed by atoms with Crippen molar-refractivity contribution in [3.63, 3.8) is 0 Å². The third-order valence-electron chi connectivity index (χ3n) is 4.73. The van der Waals surface area contributed by atoms with Crippen molar-refractivity contribution in [3.05, 3.63) is 94.2 Å². The van der Waals surface area contributed by atoms with E-state index in [-0.39, 0.29) is 5.92 Å². The number of hydrogen-bond donors (Lipinski definition) is 1. The average Bonchev–Trinajstić information content (AvgIpc) is 3.04. The molecule has 2 aromatic carbocycles. The number of fused-ring (bicyclic) bond motifs is 3. The summed E-state index contributed by atoms with van der Waals surface area (Å²) in [6.07, 6.45) is 3.28. The Kier molecular flexibility index (Phi) is 5.53. The maximum absolute atomic E-state index is 12.1. The van der Waals surface area contributed by atoms with E-state index in [0.717, 1.165) is 10.3 Å². The topological polar surface area (TPSA) is 51.2 Å². The van der Waals surface area contributed by atoms with E-state index in [2.05, 4.69) is 50.5 Å². The van der Waals surface area contributed by atoms with Gasteiger partial charge in [0.2, 0.25) is 0 Å². The van der Waals surface area contributed by atoms with E-state index >= 15 is 0 Å². The number of nitrogens with one attached hydrogen (secondary N) is 1. The molecule has 0 unspecified atom stereocenters. The molecular weight excluding hydrogens is 416 g/mol. The van der Waals surface area contributed by atoms with E-state index in [9.17, 15) is 4.79 Å². The number of nitrogens with zero attached hydrogens (tertiary/aromatic N) is 1. The molecule has 0 aliphatic heterocycles. The molecule has 1 N–H and O–H groups in total. The van der Waals surface area contributed by atoms with Crippen LogP contribution in [-0.2, 0) is 4.74 Å². The van der Waals surface area contributed by atoms with Gasteiger partial charge in [0.25, 0.3) is 0 Å². The van der Waals surface area contributed by atoms with Gasteiger partial charge in [-0.1, -0.05) is 60.7 Å². The van der Waals surface area contributed by atoms with Gasteiger partial charge in [-0.25, -0.2) is 9.78 Å². The molecule has 0 bridgehead atoms. The Hall–Kier alpha value is -2.92. The van der Waals surface area contributed by atoms with Gasteiger partial charge in [-0.15, -0.1) is 0 Å². The molecule has 5 heteroatoms. The van der Waals surface area contributed by atoms with Gasteiger partial charge in [0.05, 0.1) is 5.69 Å². The molecule has 4 nitrogen and oxygen atoms in total. The van der Waals surface area contributed by atoms with E-state index in [4.69, 9.17) is 4.74 Å². The predicted octanol–water partition coefficient (Wildman–Crippen LogP) is 5.40. The highest BCUT2D eigenvalue weighted by Gasteiger charge is 2.28. The van der Waals surface area contributed by atoms with Crippen LogP contribution < -0.4 is 5.32 Å². The Labute approximate surface area is 172 Å². The van der Waals surface area contributed by atoms with E-state index in [1.165, 1.54) is 22.3 Å². The molecular formula is C23H19BrN2O2. The number of hydrogen-bond acceptors (Lipinski definition) is 3. The maximum Gasteiger partial charge on any atom is 0.407 e. The van der Waals surface area contributed by atoms with Crippen molar-refractivity contribution >= 4 is 28.1 Å². The monoisotopic (exact) mass is 434 g/mol. The second kappa shape index (κ2) is 8.40. The van der Waals surface area contributed by atoms with Crippen molar-refractivity contribution in [3.8, 4) is 11.1 Å². The van der Waals surface area contributed by atoms with Crippen LogP contribution in [0.25, 0.3) is 17.2 Å². The number of benzene rings is 2. The molecule has 0 saturated heterocycles. The Morgan fingerprint density at radius 3 is 2.36 bits per heavy atom. The van der Waals surface area contributed by atoms with Crippen molar-refractivity contribution in [1.29, 1.82) is 0 Å². The number of carbonyl (C=O) groups excluding carboxylic acids is 1. The van der Waals surface area contributed by atoms with Crippen molar-refractivity contribution in [2.75, 3.05) is 13.2 Å². The standard InChI is InChI=1S/C23H19BrN2O2/c24-22-13-5-7-16(26-22)8-6-14-25-23(27)28-15-21-19-11-3-1-9-17(19)18-10-2-4-12-20(18)21/h1-13,21H,14-15H2,(H,25,27). The maximum atomic E-state index is 12.1. The van der Waals surface area contributed by atoms with Crippen molar-refractivity contribution in [1.82, 2.24) is 10.3 Å². The lowest BCUT2D eigenvalue weighted by molar-refractivity contribution is 0.144. The van der Waals surface area contributed by atoms with Gasteiger partial charge in [-0.3, -0.25) is 0 Å². The van der Waals surface area contributed by atoms with Crippen LogP contribution >= 0.6 is 15.9 Å². The summed E-state index contributed by atoms with van der Waals surface area (Å²) >= 11 is 3.34. The highest BCUT2D eigenvalue weighted by atomic mass is 79.9. The van der Waals surface area contributed by atoms with Crippen LogP contribution in [0.4, 0.5) is 4.79 Å². The lowest BCUT2D eigenvalue weighted by Crippen LogP contribution is -2.26. The molecule has 1 aliphatic carbocycles. The highest BCUT2D eigenvalue weighted by molar-refractivity contribution is 9.10. The van der Waals surface area contributed by atoms with Gasteiger partial charge < -0.3 is 10.1 Å². The molecule has 28 heavy (non-hydrogen) atoms. The minimum atomic E-state index is -0.422. The smallest absolute Gasteiger partial charge is 0.407 e. The van der Waals surface area contributed by atoms with Gasteiger partial charge in [0.1, 0.15) is 11.2 Å². The fourth-order valence-corrected chi connectivity index (χ4v) is 3.85. The summed E-state index contributed by atoms with van der Waals surface area (Å²) < 4.78 is 6.28. The summed E-state index contributed by atoms with van der Waals surface area (Å²) in [5.41, 5.74) is 5.67. The number of aromatic nitrogens is 1. The van der Waals surface area contributed by atoms with Gasteiger partial charge in [0, 0.05) is 12.5 Å². The Morgan fingerprint density at radius 1 is 1.00 bits per heavy atom. The molecule has 140 valence electrons. The number of amides is 1. The van der Waals surface area contributed by atoms with Gasteiger partial charge in [-0.2, -0.15) is 0 Å². The Balaban J connectivity index is 1.34. The van der Waals surface area contributed by atoms with Crippen LogP contribution in [0.15, 0.2) is 77.4 Å². The van der Waals surface area contributed by atoms with Gasteiger partial charge >= 0.3 is 6.09 Å². The molecule has 1 amide bonds. The summed E-state index contributed by atoms with van der Waals surface area (Å²) in [5, 5.41) is 2.75. The molecule has 0 spiro atoms. The molecule has 0 fully saturated rings. The zero-order chi connectivity index (χ0) is 19.3. The summed E-state index contributed by atoms with van der Waals surface area (Å²) in [6, 6.07) is 22.3. The summed E-state index contributed by atoms with van der Waals surface area (Å²) in [6.45, 7) is 0.696. The number of pyridine rings is 1. The number of alkyl carbamates (subject to hydrolysis) is 1. The van der Waals surface area contributed by atoms with Gasteiger partial charge in [-0.05, 0) is 56.4 Å². The van der Waals surface area contributed by atoms with E-state index in [1.54, 1.807) is 0 Å². The SMILES string of the molecule is O=C(NCC=Cc1cccc(Br)n1)OCC1c2ccccc2-c2ccccc21. The Morgan fingerprint density at radius 2 is 1.68 bits per heavy atom. The first-order chi connectivity index (χ1) is 13.7. The number of halogens is 1. The van der Waals surface area contributed by atoms with Crippen LogP contribution in [0.1, 0.15) is 22.7 Å². The lowest BCUT2D eigenvalue weighted by Gasteiger charge is -2.14. The van der Waals surface area contributed by atoms with Crippen molar-refractivity contribution in [2.45, 2.75) is 5.92 Å². The second-order valence-corrected chi connectivity index (χ2v) is 7.31. The highest BCUT2D eigenvalue weighted by Crippen LogP contribution is 2.44. The summed E-state index contributed by atoms with van der Waals surface area (Å²) in [5.74, 6) is 0.0690. The molecule has 1 aliphatic rings. The van der Waals surface area contributed by atoms with Crippen LogP contribution in [0.5, 0.6) is 0 Å². The van der Waals surface area contributed by atoms with Crippen LogP contribution in [0.3, 0.4) is 0 Å². The predicted molar refractivity (Wildman–Crippen MR) is 114 cm³/mol. The first kappa shape index (κ1) is 18.4. The molecule has 0 saturated carbocycles. The second-order valence-electron chi connectivity index (χ2n) is 6.49. The first-order valence-corrected chi connectivity index (χ1v) is 9.89. The first-order valence-electron chi connectivity index (χ1n) is 9.10. The minimum Gasteiger partial charge on any atom is -0.449 e. The summed E-state index contributed by atoms with van der Waals surface area (Å²) in [4.78, 5) is 16.4. The number of rotatable bonds is 5. The molecule has 4 rings (SSSR count). The van der Waals surface area contributed by atoms with Gasteiger partial charge in [0.15, 0.2) is 0 Å². The zero-order valence-corrected chi connectivity index (χ0v) is 16.7. The third kappa shape index (κ3) is 3.99. The molecule has 0 radical (unpaired) electrons. The normalized spacial score (nSPS) is 12.6. The largest absolute Gasteiger partial charge is 0.449 e. The third-order valence-corrected chi connectivity index (χ3v) is 5.17. The van der Waals surface area contributed by atoms with Crippen LogP contribution in [0, 0.1) is 0 Å². The number of ether oxygens (including phenoxy) is 1. The number of carbonyl (C=O) groups is 1. The minimum absolute atomic E-state index is 0.0690. The van der Waals surface area contributed by atoms with E-state index in [0.29, 0.717) is 13.2 Å². The molecule has 1 aromatic heterocycles. The fraction of sp³-hybridized carbons (Fsp3) is 0.130. The molecule has 3 aromatic rings. The molecule has 0 atom stereocenters. The average molecular weight is 435 g/mol. The van der Waals surface area contributed by atoms with E-state index in [1.807, 2.05) is 54.6 Å². The zero-order valence-electron chi connectivity index (χ0n) is 15.1. The lowest BCUT2D eigenvalue weighted by atomic mass is 9.98. The van der Waals surface area contributed by atoms with Crippen molar-refractivity contribution in [2.24, 2.45) is 0 Å². The quantitative estimate of drug-likeness (QED) is 0.547. The fourth-order valence-electron chi connectivity index (χ4n) is 3.49. The van der Waals surface area contributed by atoms with Crippen molar-refractivity contribution < 1.29 is 9.53 Å². The summed E-state index contributed by atoms with van der Waals surface area (Å²) in [7, 11) is 0.